The zero-order chi connectivity index (χ0) is 19.2. The van der Waals surface area contributed by atoms with E-state index in [0.717, 1.165) is 4.90 Å². The monoisotopic (exact) mass is 393 g/mol. The van der Waals surface area contributed by atoms with E-state index in [9.17, 15) is 13.2 Å². The van der Waals surface area contributed by atoms with Crippen molar-refractivity contribution in [3.05, 3.63) is 54.1 Å². The van der Waals surface area contributed by atoms with E-state index in [1.54, 1.807) is 36.0 Å². The molecule has 0 bridgehead atoms. The summed E-state index contributed by atoms with van der Waals surface area (Å²) >= 11 is 1.72. The van der Waals surface area contributed by atoms with Gasteiger partial charge in [-0.25, -0.2) is 13.1 Å². The second-order valence-corrected chi connectivity index (χ2v) is 9.28. The van der Waals surface area contributed by atoms with Gasteiger partial charge in [0.05, 0.1) is 4.90 Å². The van der Waals surface area contributed by atoms with Crippen molar-refractivity contribution < 1.29 is 13.2 Å². The van der Waals surface area contributed by atoms with Crippen LogP contribution in [0.5, 0.6) is 0 Å². The molecular formula is C18H23N3O3S2. The lowest BCUT2D eigenvalue weighted by atomic mass is 10.2. The Morgan fingerprint density at radius 2 is 1.85 bits per heavy atom. The van der Waals surface area contributed by atoms with Crippen LogP contribution in [0.25, 0.3) is 0 Å². The minimum atomic E-state index is -3.65. The van der Waals surface area contributed by atoms with E-state index in [-0.39, 0.29) is 23.9 Å². The topological polar surface area (TPSA) is 101 Å². The Hall–Kier alpha value is -1.87. The van der Waals surface area contributed by atoms with Crippen LogP contribution in [0.1, 0.15) is 24.2 Å². The van der Waals surface area contributed by atoms with Gasteiger partial charge >= 0.3 is 0 Å². The smallest absolute Gasteiger partial charge is 0.255 e. The first-order valence-electron chi connectivity index (χ1n) is 8.19. The molecule has 0 aliphatic carbocycles. The number of hydrogen-bond acceptors (Lipinski definition) is 5. The average Bonchev–Trinajstić information content (AvgIpc) is 2.60. The number of thioether (sulfide) groups is 1. The summed E-state index contributed by atoms with van der Waals surface area (Å²) in [6.07, 6.45) is 0. The number of rotatable bonds is 8. The normalized spacial score (nSPS) is 11.5. The molecule has 0 heterocycles. The van der Waals surface area contributed by atoms with E-state index in [0.29, 0.717) is 16.5 Å². The van der Waals surface area contributed by atoms with Crippen molar-refractivity contribution in [1.29, 1.82) is 0 Å². The lowest BCUT2D eigenvalue weighted by Gasteiger charge is -2.10. The number of nitrogens with one attached hydrogen (secondary N) is 2. The summed E-state index contributed by atoms with van der Waals surface area (Å²) in [5, 5.41) is 3.19. The molecule has 0 aliphatic heterocycles. The fourth-order valence-corrected chi connectivity index (χ4v) is 4.11. The highest BCUT2D eigenvalue weighted by atomic mass is 32.2. The van der Waals surface area contributed by atoms with E-state index >= 15 is 0 Å². The van der Waals surface area contributed by atoms with Gasteiger partial charge in [-0.2, -0.15) is 0 Å². The molecule has 0 aromatic heterocycles. The first-order chi connectivity index (χ1) is 12.3. The molecule has 4 N–H and O–H groups in total. The van der Waals surface area contributed by atoms with Crippen molar-refractivity contribution in [1.82, 2.24) is 4.72 Å². The van der Waals surface area contributed by atoms with Gasteiger partial charge in [-0.1, -0.05) is 19.9 Å². The number of hydrogen-bond donors (Lipinski definition) is 3. The second kappa shape index (κ2) is 9.18. The Kier molecular flexibility index (Phi) is 7.22. The highest BCUT2D eigenvalue weighted by molar-refractivity contribution is 7.99. The third-order valence-electron chi connectivity index (χ3n) is 3.33. The van der Waals surface area contributed by atoms with Crippen LogP contribution in [0.3, 0.4) is 0 Å². The molecule has 26 heavy (non-hydrogen) atoms. The maximum Gasteiger partial charge on any atom is 0.255 e. The number of nitrogens with two attached hydrogens (primary N) is 1. The van der Waals surface area contributed by atoms with Crippen molar-refractivity contribution in [2.45, 2.75) is 28.9 Å². The molecule has 0 saturated heterocycles. The van der Waals surface area contributed by atoms with E-state index in [2.05, 4.69) is 23.9 Å². The Morgan fingerprint density at radius 1 is 1.15 bits per heavy atom. The van der Waals surface area contributed by atoms with Gasteiger partial charge in [0.1, 0.15) is 0 Å². The van der Waals surface area contributed by atoms with Crippen LogP contribution in [-0.2, 0) is 10.0 Å². The van der Waals surface area contributed by atoms with Crippen LogP contribution < -0.4 is 15.8 Å². The van der Waals surface area contributed by atoms with E-state index in [1.807, 2.05) is 12.1 Å². The molecule has 0 radical (unpaired) electrons. The Bertz CT molecular complexity index is 850. The lowest BCUT2D eigenvalue weighted by Crippen LogP contribution is -2.29. The van der Waals surface area contributed by atoms with Crippen LogP contribution in [0.4, 0.5) is 5.69 Å². The van der Waals surface area contributed by atoms with Gasteiger partial charge in [-0.15, -0.1) is 11.8 Å². The summed E-state index contributed by atoms with van der Waals surface area (Å²) in [4.78, 5) is 13.6. The van der Waals surface area contributed by atoms with Gasteiger partial charge < -0.3 is 11.1 Å². The SMILES string of the molecule is CC(C)Sc1ccc(C(=O)Nc2cccc(S(=O)(=O)NCCN)c2)cc1. The third kappa shape index (κ3) is 5.84. The second-order valence-electron chi connectivity index (χ2n) is 5.86. The first-order valence-corrected chi connectivity index (χ1v) is 10.6. The molecule has 8 heteroatoms. The summed E-state index contributed by atoms with van der Waals surface area (Å²) in [6, 6.07) is 13.4. The minimum absolute atomic E-state index is 0.0763. The number of sulfonamides is 1. The van der Waals surface area contributed by atoms with Gasteiger partial charge in [-0.3, -0.25) is 4.79 Å². The number of amides is 1. The van der Waals surface area contributed by atoms with Gasteiger partial charge in [0.2, 0.25) is 10.0 Å². The number of carbonyl (C=O) groups excluding carboxylic acids is 1. The highest BCUT2D eigenvalue weighted by Gasteiger charge is 2.14. The number of carbonyl (C=O) groups is 1. The maximum atomic E-state index is 12.4. The van der Waals surface area contributed by atoms with Crippen LogP contribution in [0, 0.1) is 0 Å². The standard InChI is InChI=1S/C18H23N3O3S2/c1-13(2)25-16-8-6-14(7-9-16)18(22)21-15-4-3-5-17(12-15)26(23,24)20-11-10-19/h3-9,12-13,20H,10-11,19H2,1-2H3,(H,21,22). The zero-order valence-corrected chi connectivity index (χ0v) is 16.4. The van der Waals surface area contributed by atoms with Crippen molar-refractivity contribution in [2.24, 2.45) is 5.73 Å². The average molecular weight is 394 g/mol. The molecule has 2 aromatic rings. The van der Waals surface area contributed by atoms with Gasteiger partial charge in [0.25, 0.3) is 5.91 Å². The van der Waals surface area contributed by atoms with Crippen LogP contribution in [-0.4, -0.2) is 32.7 Å². The van der Waals surface area contributed by atoms with Crippen molar-refractivity contribution in [2.75, 3.05) is 18.4 Å². The predicted molar refractivity (Wildman–Crippen MR) is 106 cm³/mol. The number of anilines is 1. The maximum absolute atomic E-state index is 12.4. The Balaban J connectivity index is 2.11. The fraction of sp³-hybridized carbons (Fsp3) is 0.278. The molecule has 0 unspecified atom stereocenters. The van der Waals surface area contributed by atoms with Crippen molar-refractivity contribution in [3.63, 3.8) is 0 Å². The van der Waals surface area contributed by atoms with Crippen LogP contribution in [0.15, 0.2) is 58.3 Å². The van der Waals surface area contributed by atoms with Crippen LogP contribution in [0.2, 0.25) is 0 Å². The highest BCUT2D eigenvalue weighted by Crippen LogP contribution is 2.23. The summed E-state index contributed by atoms with van der Waals surface area (Å²) < 4.78 is 26.7. The lowest BCUT2D eigenvalue weighted by molar-refractivity contribution is 0.102. The molecule has 0 spiro atoms. The summed E-state index contributed by atoms with van der Waals surface area (Å²) in [5.41, 5.74) is 6.24. The molecule has 0 saturated carbocycles. The van der Waals surface area contributed by atoms with Gasteiger partial charge in [0.15, 0.2) is 0 Å². The molecule has 140 valence electrons. The largest absolute Gasteiger partial charge is 0.329 e. The van der Waals surface area contributed by atoms with E-state index in [4.69, 9.17) is 5.73 Å². The fourth-order valence-electron chi connectivity index (χ4n) is 2.18. The number of benzene rings is 2. The molecule has 0 aliphatic rings. The molecule has 6 nitrogen and oxygen atoms in total. The van der Waals surface area contributed by atoms with Crippen LogP contribution >= 0.6 is 11.8 Å². The van der Waals surface area contributed by atoms with Crippen molar-refractivity contribution >= 4 is 33.4 Å². The molecule has 0 atom stereocenters. The third-order valence-corrected chi connectivity index (χ3v) is 5.80. The van der Waals surface area contributed by atoms with E-state index in [1.165, 1.54) is 12.1 Å². The Labute approximate surface area is 158 Å². The van der Waals surface area contributed by atoms with E-state index < -0.39 is 10.0 Å². The quantitative estimate of drug-likeness (QED) is 0.599. The van der Waals surface area contributed by atoms with Gasteiger partial charge in [0, 0.05) is 34.5 Å². The zero-order valence-electron chi connectivity index (χ0n) is 14.7. The van der Waals surface area contributed by atoms with Crippen molar-refractivity contribution in [3.8, 4) is 0 Å². The Morgan fingerprint density at radius 3 is 2.46 bits per heavy atom. The summed E-state index contributed by atoms with van der Waals surface area (Å²) in [7, 11) is -3.65. The molecule has 1 amide bonds. The van der Waals surface area contributed by atoms with Gasteiger partial charge in [-0.05, 0) is 42.5 Å². The summed E-state index contributed by atoms with van der Waals surface area (Å²) in [5.74, 6) is -0.296. The summed E-state index contributed by atoms with van der Waals surface area (Å²) in [6.45, 7) is 4.57. The molecule has 2 aromatic carbocycles. The molecule has 2 rings (SSSR count). The molecular weight excluding hydrogens is 370 g/mol. The first kappa shape index (κ1) is 20.4. The minimum Gasteiger partial charge on any atom is -0.329 e. The molecule has 0 fully saturated rings. The predicted octanol–water partition coefficient (Wildman–Crippen LogP) is 2.68.